The summed E-state index contributed by atoms with van der Waals surface area (Å²) < 4.78 is 15.4. The second-order valence-electron chi connectivity index (χ2n) is 5.17. The van der Waals surface area contributed by atoms with Gasteiger partial charge in [-0.3, -0.25) is 4.79 Å². The van der Waals surface area contributed by atoms with Crippen molar-refractivity contribution in [2.75, 3.05) is 41.0 Å². The van der Waals surface area contributed by atoms with Crippen LogP contribution in [0.15, 0.2) is 30.0 Å². The number of benzene rings is 1. The van der Waals surface area contributed by atoms with E-state index < -0.39 is 5.91 Å². The summed E-state index contributed by atoms with van der Waals surface area (Å²) in [7, 11) is 4.78. The molecule has 0 heterocycles. The van der Waals surface area contributed by atoms with Crippen LogP contribution in [0.2, 0.25) is 0 Å². The van der Waals surface area contributed by atoms with Crippen molar-refractivity contribution in [2.45, 2.75) is 12.8 Å². The first-order valence-electron chi connectivity index (χ1n) is 7.98. The number of hydrogen-bond acceptors (Lipinski definition) is 6. The van der Waals surface area contributed by atoms with E-state index in [1.807, 2.05) is 24.3 Å². The van der Waals surface area contributed by atoms with Crippen molar-refractivity contribution >= 4 is 5.91 Å². The minimum Gasteiger partial charge on any atom is -0.493 e. The first-order chi connectivity index (χ1) is 12.2. The fraction of sp³-hybridized carbons (Fsp3) is 0.444. The van der Waals surface area contributed by atoms with Crippen LogP contribution in [0.1, 0.15) is 12.0 Å². The van der Waals surface area contributed by atoms with E-state index in [4.69, 9.17) is 19.5 Å². The summed E-state index contributed by atoms with van der Waals surface area (Å²) in [6, 6.07) is 7.49. The van der Waals surface area contributed by atoms with Crippen molar-refractivity contribution in [1.29, 1.82) is 5.26 Å². The summed E-state index contributed by atoms with van der Waals surface area (Å²) in [6.07, 6.45) is 2.85. The number of carbonyl (C=O) groups excluding carboxylic acids is 1. The topological polar surface area (TPSA) is 92.6 Å². The summed E-state index contributed by atoms with van der Waals surface area (Å²) in [5.74, 6) is 0.899. The third-order valence-electron chi connectivity index (χ3n) is 3.43. The Labute approximate surface area is 148 Å². The van der Waals surface area contributed by atoms with Gasteiger partial charge in [0.25, 0.3) is 5.91 Å². The Hall–Kier alpha value is -2.72. The molecule has 0 spiro atoms. The van der Waals surface area contributed by atoms with E-state index in [1.165, 1.54) is 6.20 Å². The number of carbonyl (C=O) groups is 1. The quantitative estimate of drug-likeness (QED) is 0.357. The molecule has 7 heteroatoms. The number of rotatable bonds is 11. The Kier molecular flexibility index (Phi) is 9.56. The van der Waals surface area contributed by atoms with Crippen LogP contribution in [0.25, 0.3) is 0 Å². The van der Waals surface area contributed by atoms with Gasteiger partial charge in [-0.15, -0.1) is 0 Å². The molecule has 0 radical (unpaired) electrons. The van der Waals surface area contributed by atoms with Gasteiger partial charge >= 0.3 is 0 Å². The zero-order valence-corrected chi connectivity index (χ0v) is 14.9. The molecule has 136 valence electrons. The van der Waals surface area contributed by atoms with Crippen molar-refractivity contribution in [3.63, 3.8) is 0 Å². The molecule has 0 atom stereocenters. The summed E-state index contributed by atoms with van der Waals surface area (Å²) in [5.41, 5.74) is 1.04. The fourth-order valence-electron chi connectivity index (χ4n) is 2.09. The molecule has 0 aliphatic carbocycles. The Morgan fingerprint density at radius 3 is 2.60 bits per heavy atom. The van der Waals surface area contributed by atoms with Gasteiger partial charge in [0.2, 0.25) is 0 Å². The van der Waals surface area contributed by atoms with Crippen molar-refractivity contribution in [3.8, 4) is 17.6 Å². The summed E-state index contributed by atoms with van der Waals surface area (Å²) in [4.78, 5) is 12.0. The predicted molar refractivity (Wildman–Crippen MR) is 94.5 cm³/mol. The third kappa shape index (κ3) is 7.14. The van der Waals surface area contributed by atoms with Gasteiger partial charge in [-0.1, -0.05) is 6.07 Å². The molecule has 1 amide bonds. The number of amides is 1. The first-order valence-corrected chi connectivity index (χ1v) is 7.98. The largest absolute Gasteiger partial charge is 0.493 e. The summed E-state index contributed by atoms with van der Waals surface area (Å²) >= 11 is 0. The Bertz CT molecular complexity index is 623. The zero-order chi connectivity index (χ0) is 18.5. The molecule has 1 rings (SSSR count). The van der Waals surface area contributed by atoms with E-state index in [9.17, 15) is 4.79 Å². The minimum atomic E-state index is -0.401. The highest BCUT2D eigenvalue weighted by atomic mass is 16.5. The number of nitrogens with zero attached hydrogens (tertiary/aromatic N) is 1. The Balaban J connectivity index is 2.47. The van der Waals surface area contributed by atoms with E-state index in [0.29, 0.717) is 37.6 Å². The number of methoxy groups -OCH3 is 3. The third-order valence-corrected chi connectivity index (χ3v) is 3.43. The molecular weight excluding hydrogens is 322 g/mol. The molecule has 0 saturated heterocycles. The second-order valence-corrected chi connectivity index (χ2v) is 5.17. The average molecular weight is 347 g/mol. The molecule has 1 aromatic carbocycles. The monoisotopic (exact) mass is 347 g/mol. The van der Waals surface area contributed by atoms with Crippen molar-refractivity contribution < 1.29 is 19.0 Å². The lowest BCUT2D eigenvalue weighted by Crippen LogP contribution is -2.27. The average Bonchev–Trinajstić information content (AvgIpc) is 2.64. The van der Waals surface area contributed by atoms with Crippen LogP contribution in [-0.4, -0.2) is 46.9 Å². The van der Waals surface area contributed by atoms with Gasteiger partial charge in [0, 0.05) is 33.0 Å². The first kappa shape index (κ1) is 20.3. The molecule has 0 aliphatic heterocycles. The van der Waals surface area contributed by atoms with Gasteiger partial charge in [-0.05, 0) is 30.5 Å². The summed E-state index contributed by atoms with van der Waals surface area (Å²) in [6.45, 7) is 1.68. The maximum Gasteiger partial charge on any atom is 0.263 e. The molecule has 1 aromatic rings. The van der Waals surface area contributed by atoms with Crippen molar-refractivity contribution in [2.24, 2.45) is 0 Å². The highest BCUT2D eigenvalue weighted by Gasteiger charge is 2.09. The number of nitrogens with one attached hydrogen (secondary N) is 2. The highest BCUT2D eigenvalue weighted by molar-refractivity contribution is 5.97. The van der Waals surface area contributed by atoms with Crippen molar-refractivity contribution in [3.05, 3.63) is 35.5 Å². The Morgan fingerprint density at radius 1 is 1.20 bits per heavy atom. The van der Waals surface area contributed by atoms with E-state index >= 15 is 0 Å². The van der Waals surface area contributed by atoms with Crippen molar-refractivity contribution in [1.82, 2.24) is 10.6 Å². The van der Waals surface area contributed by atoms with Gasteiger partial charge in [0.1, 0.15) is 11.6 Å². The highest BCUT2D eigenvalue weighted by Crippen LogP contribution is 2.27. The zero-order valence-electron chi connectivity index (χ0n) is 14.9. The molecule has 0 bridgehead atoms. The van der Waals surface area contributed by atoms with Gasteiger partial charge in [0.15, 0.2) is 11.5 Å². The van der Waals surface area contributed by atoms with Crippen LogP contribution in [-0.2, 0) is 16.0 Å². The van der Waals surface area contributed by atoms with Crippen LogP contribution in [0, 0.1) is 11.3 Å². The SMILES string of the molecule is COCCCN/C=C(/C#N)C(=O)NCCc1ccc(OC)c(OC)c1. The van der Waals surface area contributed by atoms with Gasteiger partial charge in [0.05, 0.1) is 14.2 Å². The van der Waals surface area contributed by atoms with Crippen LogP contribution in [0.4, 0.5) is 0 Å². The van der Waals surface area contributed by atoms with Crippen LogP contribution in [0.3, 0.4) is 0 Å². The minimum absolute atomic E-state index is 0.0460. The van der Waals surface area contributed by atoms with Gasteiger partial charge in [-0.25, -0.2) is 0 Å². The van der Waals surface area contributed by atoms with E-state index in [-0.39, 0.29) is 5.57 Å². The molecule has 0 aliphatic rings. The molecule has 0 unspecified atom stereocenters. The standard InChI is InChI=1S/C18H25N3O4/c1-23-10-4-8-20-13-15(12-19)18(22)21-9-7-14-5-6-16(24-2)17(11-14)25-3/h5-6,11,13,20H,4,7-10H2,1-3H3,(H,21,22)/b15-13-. The van der Waals surface area contributed by atoms with Crippen LogP contribution in [0.5, 0.6) is 11.5 Å². The molecule has 7 nitrogen and oxygen atoms in total. The van der Waals surface area contributed by atoms with E-state index in [0.717, 1.165) is 12.0 Å². The van der Waals surface area contributed by atoms with E-state index in [2.05, 4.69) is 10.6 Å². The van der Waals surface area contributed by atoms with Gasteiger partial charge in [-0.2, -0.15) is 5.26 Å². The number of nitriles is 1. The lowest BCUT2D eigenvalue weighted by atomic mass is 10.1. The molecular formula is C18H25N3O4. The normalized spacial score (nSPS) is 10.7. The van der Waals surface area contributed by atoms with Gasteiger partial charge < -0.3 is 24.8 Å². The second kappa shape index (κ2) is 11.8. The maximum atomic E-state index is 12.0. The van der Waals surface area contributed by atoms with Crippen LogP contribution >= 0.6 is 0 Å². The Morgan fingerprint density at radius 2 is 1.96 bits per heavy atom. The predicted octanol–water partition coefficient (Wildman–Crippen LogP) is 1.40. The molecule has 0 saturated carbocycles. The molecule has 0 fully saturated rings. The molecule has 2 N–H and O–H groups in total. The fourth-order valence-corrected chi connectivity index (χ4v) is 2.09. The number of ether oxygens (including phenoxy) is 3. The van der Waals surface area contributed by atoms with Crippen LogP contribution < -0.4 is 20.1 Å². The van der Waals surface area contributed by atoms with E-state index in [1.54, 1.807) is 21.3 Å². The summed E-state index contributed by atoms with van der Waals surface area (Å²) in [5, 5.41) is 14.7. The molecule has 25 heavy (non-hydrogen) atoms. The maximum absolute atomic E-state index is 12.0. The smallest absolute Gasteiger partial charge is 0.263 e. The lowest BCUT2D eigenvalue weighted by Gasteiger charge is -2.10. The lowest BCUT2D eigenvalue weighted by molar-refractivity contribution is -0.117. The molecule has 0 aromatic heterocycles. The number of hydrogen-bond donors (Lipinski definition) is 2.